The number of carbonyl (C=O) groups is 2. The number of methoxy groups -OCH3 is 1. The van der Waals surface area contributed by atoms with Gasteiger partial charge in [0.2, 0.25) is 11.8 Å². The fourth-order valence-corrected chi connectivity index (χ4v) is 3.61. The molecule has 0 aromatic heterocycles. The molecule has 9 heteroatoms. The second-order valence-corrected chi connectivity index (χ2v) is 7.95. The first-order valence-electron chi connectivity index (χ1n) is 10.5. The van der Waals surface area contributed by atoms with Crippen molar-refractivity contribution in [2.45, 2.75) is 13.5 Å². The molecular formula is C26H20ClFN2O5. The lowest BCUT2D eigenvalue weighted by atomic mass is 10.1. The second-order valence-electron chi connectivity index (χ2n) is 7.55. The molecule has 1 N–H and O–H groups in total. The van der Waals surface area contributed by atoms with E-state index in [9.17, 15) is 14.0 Å². The number of benzene rings is 3. The van der Waals surface area contributed by atoms with Crippen molar-refractivity contribution in [1.82, 2.24) is 0 Å². The van der Waals surface area contributed by atoms with Gasteiger partial charge in [0.25, 0.3) is 0 Å². The predicted octanol–water partition coefficient (Wildman–Crippen LogP) is 5.37. The van der Waals surface area contributed by atoms with E-state index in [0.717, 1.165) is 0 Å². The molecule has 0 spiro atoms. The van der Waals surface area contributed by atoms with Crippen LogP contribution in [0, 0.1) is 5.82 Å². The predicted molar refractivity (Wildman–Crippen MR) is 130 cm³/mol. The normalized spacial score (nSPS) is 13.9. The Hall–Kier alpha value is -4.17. The van der Waals surface area contributed by atoms with Gasteiger partial charge in [-0.1, -0.05) is 23.7 Å². The highest BCUT2D eigenvalue weighted by molar-refractivity contribution is 6.32. The monoisotopic (exact) mass is 494 g/mol. The molecule has 4 rings (SSSR count). The number of nitrogens with zero attached hydrogens (tertiary/aromatic N) is 1. The molecule has 0 saturated carbocycles. The maximum Gasteiger partial charge on any atom is 0.363 e. The Labute approximate surface area is 205 Å². The molecule has 3 aromatic carbocycles. The number of hydrogen-bond donors (Lipinski definition) is 1. The highest BCUT2D eigenvalue weighted by Crippen LogP contribution is 2.38. The SMILES string of the molecule is COc1cc(/C=C2\N=C(c3ccc(NC(C)=O)cc3)OC2=O)cc(Cl)c1OCc1cccc(F)c1. The summed E-state index contributed by atoms with van der Waals surface area (Å²) in [4.78, 5) is 27.8. The van der Waals surface area contributed by atoms with Crippen LogP contribution in [0.1, 0.15) is 23.6 Å². The number of anilines is 1. The summed E-state index contributed by atoms with van der Waals surface area (Å²) in [7, 11) is 1.46. The second kappa shape index (κ2) is 10.4. The van der Waals surface area contributed by atoms with E-state index >= 15 is 0 Å². The minimum atomic E-state index is -0.618. The molecular weight excluding hydrogens is 475 g/mol. The van der Waals surface area contributed by atoms with Gasteiger partial charge in [0.15, 0.2) is 17.2 Å². The molecule has 0 atom stereocenters. The zero-order chi connectivity index (χ0) is 24.9. The fraction of sp³-hybridized carbons (Fsp3) is 0.115. The number of carbonyl (C=O) groups excluding carboxylic acids is 2. The van der Waals surface area contributed by atoms with Crippen molar-refractivity contribution in [3.8, 4) is 11.5 Å². The van der Waals surface area contributed by atoms with E-state index in [1.807, 2.05) is 0 Å². The maximum absolute atomic E-state index is 13.4. The number of cyclic esters (lactones) is 1. The number of halogens is 2. The summed E-state index contributed by atoms with van der Waals surface area (Å²) in [6, 6.07) is 16.0. The Morgan fingerprint density at radius 3 is 2.63 bits per heavy atom. The summed E-state index contributed by atoms with van der Waals surface area (Å²) >= 11 is 6.42. The van der Waals surface area contributed by atoms with E-state index in [2.05, 4.69) is 10.3 Å². The van der Waals surface area contributed by atoms with E-state index in [0.29, 0.717) is 28.1 Å². The third-order valence-corrected chi connectivity index (χ3v) is 5.18. The van der Waals surface area contributed by atoms with Crippen LogP contribution in [0.25, 0.3) is 6.08 Å². The van der Waals surface area contributed by atoms with Crippen molar-refractivity contribution in [3.05, 3.63) is 93.9 Å². The summed E-state index contributed by atoms with van der Waals surface area (Å²) in [6.07, 6.45) is 1.52. The molecule has 1 aliphatic heterocycles. The van der Waals surface area contributed by atoms with Crippen molar-refractivity contribution in [3.63, 3.8) is 0 Å². The van der Waals surface area contributed by atoms with Crippen LogP contribution in [0.2, 0.25) is 5.02 Å². The maximum atomic E-state index is 13.4. The molecule has 1 amide bonds. The lowest BCUT2D eigenvalue weighted by Crippen LogP contribution is -2.07. The third kappa shape index (κ3) is 5.85. The van der Waals surface area contributed by atoms with Crippen LogP contribution in [-0.2, 0) is 20.9 Å². The molecule has 0 fully saturated rings. The first kappa shape index (κ1) is 24.0. The van der Waals surface area contributed by atoms with E-state index in [1.54, 1.807) is 48.5 Å². The minimum absolute atomic E-state index is 0.0810. The summed E-state index contributed by atoms with van der Waals surface area (Å²) in [6.45, 7) is 1.51. The van der Waals surface area contributed by atoms with Crippen LogP contribution >= 0.6 is 11.6 Å². The van der Waals surface area contributed by atoms with Gasteiger partial charge < -0.3 is 19.5 Å². The van der Waals surface area contributed by atoms with Crippen LogP contribution in [-0.4, -0.2) is 24.9 Å². The van der Waals surface area contributed by atoms with Crippen molar-refractivity contribution in [1.29, 1.82) is 0 Å². The van der Waals surface area contributed by atoms with Crippen LogP contribution in [0.15, 0.2) is 71.4 Å². The summed E-state index contributed by atoms with van der Waals surface area (Å²) < 4.78 is 29.9. The van der Waals surface area contributed by atoms with Crippen molar-refractivity contribution < 1.29 is 28.2 Å². The Morgan fingerprint density at radius 1 is 1.17 bits per heavy atom. The van der Waals surface area contributed by atoms with Crippen LogP contribution in [0.4, 0.5) is 10.1 Å². The zero-order valence-electron chi connectivity index (χ0n) is 18.8. The number of esters is 1. The van der Waals surface area contributed by atoms with Crippen LogP contribution in [0.3, 0.4) is 0 Å². The van der Waals surface area contributed by atoms with Gasteiger partial charge in [-0.15, -0.1) is 0 Å². The lowest BCUT2D eigenvalue weighted by Gasteiger charge is -2.13. The summed E-state index contributed by atoms with van der Waals surface area (Å²) in [5, 5.41) is 2.91. The van der Waals surface area contributed by atoms with Crippen molar-refractivity contribution >= 4 is 41.1 Å². The highest BCUT2D eigenvalue weighted by atomic mass is 35.5. The van der Waals surface area contributed by atoms with E-state index in [4.69, 9.17) is 25.8 Å². The highest BCUT2D eigenvalue weighted by Gasteiger charge is 2.24. The molecule has 3 aromatic rings. The topological polar surface area (TPSA) is 86.2 Å². The molecule has 0 radical (unpaired) electrons. The molecule has 0 aliphatic carbocycles. The summed E-state index contributed by atoms with van der Waals surface area (Å²) in [5.41, 5.74) is 2.45. The zero-order valence-corrected chi connectivity index (χ0v) is 19.6. The average molecular weight is 495 g/mol. The van der Waals surface area contributed by atoms with Gasteiger partial charge in [-0.25, -0.2) is 14.2 Å². The van der Waals surface area contributed by atoms with E-state index < -0.39 is 5.97 Å². The Bertz CT molecular complexity index is 1350. The Morgan fingerprint density at radius 2 is 1.94 bits per heavy atom. The van der Waals surface area contributed by atoms with Gasteiger partial charge >= 0.3 is 5.97 Å². The van der Waals surface area contributed by atoms with Gasteiger partial charge in [-0.3, -0.25) is 4.79 Å². The number of nitrogens with one attached hydrogen (secondary N) is 1. The Kier molecular flexibility index (Phi) is 7.12. The van der Waals surface area contributed by atoms with Gasteiger partial charge in [0, 0.05) is 18.2 Å². The van der Waals surface area contributed by atoms with Crippen LogP contribution in [0.5, 0.6) is 11.5 Å². The minimum Gasteiger partial charge on any atom is -0.493 e. The van der Waals surface area contributed by atoms with Crippen LogP contribution < -0.4 is 14.8 Å². The molecule has 1 heterocycles. The fourth-order valence-electron chi connectivity index (χ4n) is 3.34. The average Bonchev–Trinajstić information content (AvgIpc) is 3.18. The molecule has 178 valence electrons. The molecule has 7 nitrogen and oxygen atoms in total. The van der Waals surface area contributed by atoms with E-state index in [1.165, 1.54) is 32.2 Å². The number of aliphatic imine (C=N–C) groups is 1. The van der Waals surface area contributed by atoms with Gasteiger partial charge in [-0.05, 0) is 65.7 Å². The van der Waals surface area contributed by atoms with Crippen molar-refractivity contribution in [2.75, 3.05) is 12.4 Å². The summed E-state index contributed by atoms with van der Waals surface area (Å²) in [5.74, 6) is -0.399. The number of hydrogen-bond acceptors (Lipinski definition) is 6. The number of ether oxygens (including phenoxy) is 3. The largest absolute Gasteiger partial charge is 0.493 e. The molecule has 0 unspecified atom stereocenters. The van der Waals surface area contributed by atoms with Gasteiger partial charge in [0.1, 0.15) is 12.4 Å². The number of amides is 1. The molecule has 1 aliphatic rings. The van der Waals surface area contributed by atoms with Crippen molar-refractivity contribution in [2.24, 2.45) is 4.99 Å². The number of rotatable bonds is 7. The first-order valence-corrected chi connectivity index (χ1v) is 10.9. The molecule has 0 bridgehead atoms. The lowest BCUT2D eigenvalue weighted by molar-refractivity contribution is -0.129. The van der Waals surface area contributed by atoms with Gasteiger partial charge in [-0.2, -0.15) is 0 Å². The molecule has 0 saturated heterocycles. The standard InChI is InChI=1S/C26H20ClFN2O5/c1-15(31)29-20-8-6-18(7-9-20)25-30-22(26(32)35-25)12-17-11-21(27)24(23(13-17)33-2)34-14-16-4-3-5-19(28)10-16/h3-13H,14H2,1-2H3,(H,29,31)/b22-12-. The smallest absolute Gasteiger partial charge is 0.363 e. The molecule has 35 heavy (non-hydrogen) atoms. The van der Waals surface area contributed by atoms with E-state index in [-0.39, 0.29) is 40.7 Å². The quantitative estimate of drug-likeness (QED) is 0.352. The Balaban J connectivity index is 1.55. The first-order chi connectivity index (χ1) is 16.8. The third-order valence-electron chi connectivity index (χ3n) is 4.90. The van der Waals surface area contributed by atoms with Gasteiger partial charge in [0.05, 0.1) is 12.1 Å².